The molecule has 0 aliphatic heterocycles. The molecule has 130 valence electrons. The molecule has 0 nitrogen and oxygen atoms in total. The van der Waals surface area contributed by atoms with Gasteiger partial charge in [-0.05, 0) is 0 Å². The molecule has 1 aliphatic carbocycles. The Morgan fingerprint density at radius 3 is 1.62 bits per heavy atom. The molecule has 2 aromatic rings. The van der Waals surface area contributed by atoms with Crippen LogP contribution in [0.5, 0.6) is 0 Å². The summed E-state index contributed by atoms with van der Waals surface area (Å²) >= 11 is 13.4. The first-order valence-corrected chi connectivity index (χ1v) is 13.3. The quantitative estimate of drug-likeness (QED) is 0.282. The fraction of sp³-hybridized carbons (Fsp3) is 0.111. The molecule has 24 heavy (non-hydrogen) atoms. The van der Waals surface area contributed by atoms with Gasteiger partial charge < -0.3 is 0 Å². The van der Waals surface area contributed by atoms with Crippen molar-refractivity contribution in [2.24, 2.45) is 0 Å². The SMILES string of the molecule is ClC(Cl)[PH](C1=CC=CC1)(c1ccccc1)c1ccccc1.[Cl][Fe][Cl]. The van der Waals surface area contributed by atoms with Crippen LogP contribution in [0.2, 0.25) is 0 Å². The summed E-state index contributed by atoms with van der Waals surface area (Å²) in [7, 11) is 7.17. The van der Waals surface area contributed by atoms with Crippen LogP contribution in [0, 0.1) is 0 Å². The number of benzene rings is 2. The van der Waals surface area contributed by atoms with E-state index >= 15 is 0 Å². The molecule has 0 aromatic heterocycles. The Labute approximate surface area is 168 Å². The van der Waals surface area contributed by atoms with E-state index in [9.17, 15) is 0 Å². The zero-order valence-electron chi connectivity index (χ0n) is 12.7. The van der Waals surface area contributed by atoms with Crippen molar-refractivity contribution in [3.8, 4) is 0 Å². The van der Waals surface area contributed by atoms with E-state index in [2.05, 4.69) is 66.8 Å². The van der Waals surface area contributed by atoms with Gasteiger partial charge in [-0.1, -0.05) is 0 Å². The second-order valence-electron chi connectivity index (χ2n) is 5.22. The van der Waals surface area contributed by atoms with Gasteiger partial charge in [-0.3, -0.25) is 0 Å². The van der Waals surface area contributed by atoms with Gasteiger partial charge in [-0.2, -0.15) is 0 Å². The minimum absolute atomic E-state index is 0.194. The number of allylic oxidation sites excluding steroid dienone is 4. The van der Waals surface area contributed by atoms with Crippen LogP contribution >= 0.6 is 50.7 Å². The van der Waals surface area contributed by atoms with Gasteiger partial charge >= 0.3 is 170 Å². The fourth-order valence-electron chi connectivity index (χ4n) is 3.07. The van der Waals surface area contributed by atoms with Crippen LogP contribution in [-0.2, 0) is 13.1 Å². The van der Waals surface area contributed by atoms with E-state index in [0.29, 0.717) is 0 Å². The molecule has 0 spiro atoms. The third-order valence-electron chi connectivity index (χ3n) is 4.06. The zero-order chi connectivity index (χ0) is 17.4. The maximum atomic E-state index is 6.61. The van der Waals surface area contributed by atoms with Gasteiger partial charge in [0.15, 0.2) is 0 Å². The molecule has 0 saturated carbocycles. The zero-order valence-corrected chi connectivity index (χ0v) is 17.8. The number of halogens is 4. The molecule has 0 saturated heterocycles. The third-order valence-corrected chi connectivity index (χ3v) is 10.6. The summed E-state index contributed by atoms with van der Waals surface area (Å²) in [5.41, 5.74) is 0. The summed E-state index contributed by atoms with van der Waals surface area (Å²) in [5.74, 6) is 0. The van der Waals surface area contributed by atoms with Gasteiger partial charge in [0.05, 0.1) is 0 Å². The first-order valence-electron chi connectivity index (χ1n) is 7.28. The van der Waals surface area contributed by atoms with Crippen LogP contribution in [0.25, 0.3) is 0 Å². The second-order valence-corrected chi connectivity index (χ2v) is 12.9. The molecular formula is C18H17Cl4FeP. The van der Waals surface area contributed by atoms with Gasteiger partial charge in [0.25, 0.3) is 0 Å². The van der Waals surface area contributed by atoms with Crippen LogP contribution < -0.4 is 10.6 Å². The molecule has 0 bridgehead atoms. The maximum absolute atomic E-state index is 6.61. The van der Waals surface area contributed by atoms with Crippen molar-refractivity contribution in [2.45, 2.75) is 11.0 Å². The van der Waals surface area contributed by atoms with Crippen molar-refractivity contribution in [3.63, 3.8) is 0 Å². The summed E-state index contributed by atoms with van der Waals surface area (Å²) < 4.78 is -0.423. The van der Waals surface area contributed by atoms with E-state index in [1.807, 2.05) is 12.1 Å². The molecule has 0 N–H and O–H groups in total. The summed E-state index contributed by atoms with van der Waals surface area (Å²) in [6.07, 6.45) is 7.42. The Morgan fingerprint density at radius 2 is 1.29 bits per heavy atom. The van der Waals surface area contributed by atoms with Gasteiger partial charge in [0.1, 0.15) is 0 Å². The molecule has 3 rings (SSSR count). The predicted octanol–water partition coefficient (Wildman–Crippen LogP) is 6.37. The number of hydrogen-bond donors (Lipinski definition) is 0. The Kier molecular flexibility index (Phi) is 8.68. The normalized spacial score (nSPS) is 14.3. The number of rotatable bonds is 4. The van der Waals surface area contributed by atoms with Crippen LogP contribution in [0.1, 0.15) is 6.42 Å². The van der Waals surface area contributed by atoms with Gasteiger partial charge in [0, 0.05) is 0 Å². The number of hydrogen-bond acceptors (Lipinski definition) is 0. The molecule has 0 fully saturated rings. The van der Waals surface area contributed by atoms with E-state index in [4.69, 9.17) is 43.4 Å². The summed E-state index contributed by atoms with van der Waals surface area (Å²) in [4.78, 5) is 0. The summed E-state index contributed by atoms with van der Waals surface area (Å²) in [6.45, 7) is 0. The molecule has 2 aromatic carbocycles. The molecule has 0 heterocycles. The molecule has 0 radical (unpaired) electrons. The first-order chi connectivity index (χ1) is 11.7. The fourth-order valence-corrected chi connectivity index (χ4v) is 9.52. The summed E-state index contributed by atoms with van der Waals surface area (Å²) in [5, 5.41) is 3.90. The predicted molar refractivity (Wildman–Crippen MR) is 110 cm³/mol. The van der Waals surface area contributed by atoms with Gasteiger partial charge in [-0.25, -0.2) is 0 Å². The van der Waals surface area contributed by atoms with Crippen LogP contribution in [0.4, 0.5) is 0 Å². The molecule has 0 unspecified atom stereocenters. The minimum atomic E-state index is -2.36. The van der Waals surface area contributed by atoms with Crippen LogP contribution in [0.3, 0.4) is 0 Å². The van der Waals surface area contributed by atoms with Crippen LogP contribution in [0.15, 0.2) is 84.2 Å². The Bertz CT molecular complexity index is 647. The molecule has 1 aliphatic rings. The third kappa shape index (κ3) is 4.40. The van der Waals surface area contributed by atoms with Crippen molar-refractivity contribution in [1.29, 1.82) is 0 Å². The summed E-state index contributed by atoms with van der Waals surface area (Å²) in [6, 6.07) is 21.0. The van der Waals surface area contributed by atoms with Crippen LogP contribution in [-0.4, -0.2) is 4.58 Å². The van der Waals surface area contributed by atoms with Crippen molar-refractivity contribution in [3.05, 3.63) is 84.2 Å². The van der Waals surface area contributed by atoms with E-state index in [1.54, 1.807) is 0 Å². The Hall–Kier alpha value is 0.0295. The Balaban J connectivity index is 0.000000647. The van der Waals surface area contributed by atoms with Crippen molar-refractivity contribution < 1.29 is 13.1 Å². The van der Waals surface area contributed by atoms with E-state index < -0.39 is 11.8 Å². The Morgan fingerprint density at radius 1 is 0.833 bits per heavy atom. The number of alkyl halides is 2. The van der Waals surface area contributed by atoms with Gasteiger partial charge in [0.2, 0.25) is 0 Å². The standard InChI is InChI=1S/C18H17Cl2P.2ClH.Fe/c19-18(20)21(17-13-7-8-14-17,15-9-3-1-4-10-15)16-11-5-2-6-12-16;;;/h1-13,18,21H,14H2;2*1H;/q;;;+2/p-2. The average Bonchev–Trinajstić information content (AvgIpc) is 3.13. The monoisotopic (exact) mass is 460 g/mol. The van der Waals surface area contributed by atoms with Crippen molar-refractivity contribution in [1.82, 2.24) is 0 Å². The topological polar surface area (TPSA) is 0 Å². The van der Waals surface area contributed by atoms with Gasteiger partial charge in [-0.15, -0.1) is 0 Å². The van der Waals surface area contributed by atoms with Crippen molar-refractivity contribution >= 4 is 61.3 Å². The van der Waals surface area contributed by atoms with E-state index in [1.165, 1.54) is 15.9 Å². The molecule has 0 atom stereocenters. The van der Waals surface area contributed by atoms with E-state index in [-0.39, 0.29) is 13.1 Å². The van der Waals surface area contributed by atoms with Crippen molar-refractivity contribution in [2.75, 3.05) is 0 Å². The average molecular weight is 462 g/mol. The molecular weight excluding hydrogens is 445 g/mol. The second kappa shape index (κ2) is 10.2. The molecule has 0 amide bonds. The van der Waals surface area contributed by atoms with E-state index in [0.717, 1.165) is 6.42 Å². The molecule has 6 heteroatoms. The first kappa shape index (κ1) is 20.3.